The Hall–Kier alpha value is -2.05. The average Bonchev–Trinajstić information content (AvgIpc) is 2.88. The summed E-state index contributed by atoms with van der Waals surface area (Å²) in [7, 11) is 0. The number of hydrogen-bond donors (Lipinski definition) is 2. The molecule has 21 heavy (non-hydrogen) atoms. The number of H-pyrrole nitrogens is 1. The highest BCUT2D eigenvalue weighted by Gasteiger charge is 2.09. The molecule has 0 unspecified atom stereocenters. The number of aromatic amines is 1. The summed E-state index contributed by atoms with van der Waals surface area (Å²) in [6.45, 7) is 0. The summed E-state index contributed by atoms with van der Waals surface area (Å²) in [6.07, 6.45) is 4.12. The van der Waals surface area contributed by atoms with Crippen molar-refractivity contribution in [3.63, 3.8) is 0 Å². The van der Waals surface area contributed by atoms with Crippen LogP contribution in [0, 0.1) is 0 Å². The molecule has 2 aromatic heterocycles. The molecule has 0 aliphatic rings. The highest BCUT2D eigenvalue weighted by Crippen LogP contribution is 2.32. The molecule has 0 radical (unpaired) electrons. The molecule has 0 aliphatic heterocycles. The van der Waals surface area contributed by atoms with Crippen molar-refractivity contribution in [3.05, 3.63) is 58.4 Å². The van der Waals surface area contributed by atoms with E-state index in [1.165, 1.54) is 17.4 Å². The minimum absolute atomic E-state index is 0.0158. The fourth-order valence-electron chi connectivity index (χ4n) is 1.83. The number of hydrogen-bond acceptors (Lipinski definition) is 5. The van der Waals surface area contributed by atoms with E-state index in [-0.39, 0.29) is 11.3 Å². The number of nitrogens with one attached hydrogen (secondary N) is 1. The molecular formula is C15H12N2O2S2. The summed E-state index contributed by atoms with van der Waals surface area (Å²) < 4.78 is 1.43. The Morgan fingerprint density at radius 3 is 2.95 bits per heavy atom. The molecule has 0 bridgehead atoms. The van der Waals surface area contributed by atoms with Crippen molar-refractivity contribution in [2.45, 2.75) is 4.34 Å². The first-order valence-electron chi connectivity index (χ1n) is 6.29. The third-order valence-corrected chi connectivity index (χ3v) is 4.94. The first kappa shape index (κ1) is 13.9. The Labute approximate surface area is 129 Å². The Morgan fingerprint density at radius 1 is 1.33 bits per heavy atom. The summed E-state index contributed by atoms with van der Waals surface area (Å²) in [6, 6.07) is 11.2. The molecule has 0 saturated heterocycles. The van der Waals surface area contributed by atoms with Crippen molar-refractivity contribution in [1.82, 2.24) is 9.97 Å². The van der Waals surface area contributed by atoms with Crippen LogP contribution < -0.4 is 5.56 Å². The van der Waals surface area contributed by atoms with E-state index in [9.17, 15) is 9.90 Å². The molecule has 2 heterocycles. The van der Waals surface area contributed by atoms with Crippen molar-refractivity contribution in [3.8, 4) is 5.75 Å². The van der Waals surface area contributed by atoms with Gasteiger partial charge in [0.2, 0.25) is 0 Å². The first-order chi connectivity index (χ1) is 10.2. The zero-order chi connectivity index (χ0) is 14.7. The zero-order valence-corrected chi connectivity index (χ0v) is 12.6. The molecule has 106 valence electrons. The second-order valence-electron chi connectivity index (χ2n) is 4.30. The number of nitrogens with zero attached hydrogens (tertiary/aromatic N) is 1. The van der Waals surface area contributed by atoms with Crippen molar-refractivity contribution in [2.24, 2.45) is 0 Å². The smallest absolute Gasteiger partial charge is 0.253 e. The van der Waals surface area contributed by atoms with Gasteiger partial charge in [0.1, 0.15) is 10.4 Å². The first-order valence-corrected chi connectivity index (χ1v) is 8.10. The lowest BCUT2D eigenvalue weighted by Crippen LogP contribution is -2.02. The van der Waals surface area contributed by atoms with E-state index in [0.29, 0.717) is 10.3 Å². The van der Waals surface area contributed by atoms with Crippen LogP contribution >= 0.6 is 23.1 Å². The number of aromatic nitrogens is 2. The van der Waals surface area contributed by atoms with Gasteiger partial charge in [0.25, 0.3) is 5.56 Å². The molecule has 0 fully saturated rings. The molecule has 0 atom stereocenters. The number of rotatable bonds is 4. The Balaban J connectivity index is 1.70. The lowest BCUT2D eigenvalue weighted by molar-refractivity contribution is 0.481. The van der Waals surface area contributed by atoms with Crippen LogP contribution in [0.1, 0.15) is 5.56 Å². The largest absolute Gasteiger partial charge is 0.506 e. The van der Waals surface area contributed by atoms with Gasteiger partial charge < -0.3 is 10.1 Å². The fraction of sp³-hybridized carbons (Fsp3) is 0.0667. The van der Waals surface area contributed by atoms with E-state index in [0.717, 1.165) is 15.7 Å². The highest BCUT2D eigenvalue weighted by molar-refractivity contribution is 8.01. The number of pyridine rings is 1. The maximum absolute atomic E-state index is 11.3. The van der Waals surface area contributed by atoms with Crippen LogP contribution in [0.4, 0.5) is 0 Å². The lowest BCUT2D eigenvalue weighted by atomic mass is 10.2. The monoisotopic (exact) mass is 316 g/mol. The van der Waals surface area contributed by atoms with E-state index < -0.39 is 0 Å². The second-order valence-corrected chi connectivity index (χ2v) is 6.57. The van der Waals surface area contributed by atoms with Crippen LogP contribution in [-0.2, 0) is 0 Å². The van der Waals surface area contributed by atoms with Crippen LogP contribution in [0.5, 0.6) is 5.75 Å². The van der Waals surface area contributed by atoms with Gasteiger partial charge in [-0.2, -0.15) is 0 Å². The molecule has 0 aliphatic carbocycles. The van der Waals surface area contributed by atoms with Crippen molar-refractivity contribution in [2.75, 3.05) is 5.75 Å². The Bertz CT molecular complexity index is 838. The molecule has 6 heteroatoms. The topological polar surface area (TPSA) is 66.0 Å². The molecule has 2 N–H and O–H groups in total. The summed E-state index contributed by atoms with van der Waals surface area (Å²) >= 11 is 2.94. The third-order valence-electron chi connectivity index (χ3n) is 2.76. The van der Waals surface area contributed by atoms with Gasteiger partial charge in [-0.1, -0.05) is 54.2 Å². The van der Waals surface area contributed by atoms with Crippen molar-refractivity contribution < 1.29 is 5.11 Å². The molecule has 3 aromatic rings. The SMILES string of the molecule is O=c1cc(O)c2sc(SCC=Cc3ccccc3)nc2[nH]1. The maximum atomic E-state index is 11.3. The van der Waals surface area contributed by atoms with Crippen LogP contribution in [0.15, 0.2) is 51.6 Å². The van der Waals surface area contributed by atoms with E-state index in [2.05, 4.69) is 22.1 Å². The van der Waals surface area contributed by atoms with Crippen molar-refractivity contribution >= 4 is 39.5 Å². The van der Waals surface area contributed by atoms with Crippen LogP contribution in [0.3, 0.4) is 0 Å². The molecule has 4 nitrogen and oxygen atoms in total. The van der Waals surface area contributed by atoms with Gasteiger partial charge in [-0.3, -0.25) is 4.79 Å². The van der Waals surface area contributed by atoms with Gasteiger partial charge in [0, 0.05) is 11.8 Å². The van der Waals surface area contributed by atoms with Gasteiger partial charge >= 0.3 is 0 Å². The second kappa shape index (κ2) is 6.15. The van der Waals surface area contributed by atoms with Crippen LogP contribution in [0.25, 0.3) is 16.4 Å². The van der Waals surface area contributed by atoms with Gasteiger partial charge in [0.05, 0.1) is 0 Å². The van der Waals surface area contributed by atoms with E-state index in [4.69, 9.17) is 0 Å². The maximum Gasteiger partial charge on any atom is 0.253 e. The number of benzene rings is 1. The number of thiazole rings is 1. The van der Waals surface area contributed by atoms with Gasteiger partial charge in [-0.25, -0.2) is 4.98 Å². The quantitative estimate of drug-likeness (QED) is 0.723. The Morgan fingerprint density at radius 2 is 2.14 bits per heavy atom. The van der Waals surface area contributed by atoms with E-state index in [1.54, 1.807) is 11.8 Å². The zero-order valence-electron chi connectivity index (χ0n) is 10.9. The van der Waals surface area contributed by atoms with Crippen LogP contribution in [0.2, 0.25) is 0 Å². The summed E-state index contributed by atoms with van der Waals surface area (Å²) in [4.78, 5) is 18.2. The predicted octanol–water partition coefficient (Wildman–Crippen LogP) is 3.50. The molecule has 0 spiro atoms. The minimum atomic E-state index is -0.342. The summed E-state index contributed by atoms with van der Waals surface area (Å²) in [5.41, 5.74) is 1.26. The molecule has 1 aromatic carbocycles. The van der Waals surface area contributed by atoms with Crippen LogP contribution in [-0.4, -0.2) is 20.8 Å². The van der Waals surface area contributed by atoms with E-state index >= 15 is 0 Å². The third kappa shape index (κ3) is 3.34. The number of fused-ring (bicyclic) bond motifs is 1. The molecular weight excluding hydrogens is 304 g/mol. The van der Waals surface area contributed by atoms with Gasteiger partial charge in [-0.05, 0) is 5.56 Å². The summed E-state index contributed by atoms with van der Waals surface area (Å²) in [5.74, 6) is 0.762. The molecule has 3 rings (SSSR count). The highest BCUT2D eigenvalue weighted by atomic mass is 32.2. The molecule has 0 amide bonds. The number of aromatic hydroxyl groups is 1. The number of thioether (sulfide) groups is 1. The summed E-state index contributed by atoms with van der Waals surface area (Å²) in [5, 5.41) is 9.71. The van der Waals surface area contributed by atoms with Gasteiger partial charge in [0.15, 0.2) is 9.99 Å². The average molecular weight is 316 g/mol. The molecule has 0 saturated carbocycles. The normalized spacial score (nSPS) is 11.4. The standard InChI is InChI=1S/C15H12N2O2S2/c18-11-9-12(19)16-14-13(11)21-15(17-14)20-8-4-7-10-5-2-1-3-6-10/h1-7,9H,8H2,(H2,16,18,19). The predicted molar refractivity (Wildman–Crippen MR) is 88.1 cm³/mol. The lowest BCUT2D eigenvalue weighted by Gasteiger charge is -1.92. The van der Waals surface area contributed by atoms with Gasteiger partial charge in [-0.15, -0.1) is 11.3 Å². The fourth-order valence-corrected chi connectivity index (χ4v) is 3.68. The van der Waals surface area contributed by atoms with Crippen molar-refractivity contribution in [1.29, 1.82) is 0 Å². The minimum Gasteiger partial charge on any atom is -0.506 e. The van der Waals surface area contributed by atoms with E-state index in [1.807, 2.05) is 30.3 Å². The Kier molecular flexibility index (Phi) is 4.08.